The number of hydrogen-bond acceptors (Lipinski definition) is 3. The van der Waals surface area contributed by atoms with E-state index in [2.05, 4.69) is 4.98 Å². The molecule has 1 amide bonds. The van der Waals surface area contributed by atoms with E-state index in [0.717, 1.165) is 32.2 Å². The standard InChI is InChI=1S/C15H22FN3O/c1-18(2)10-11-19(12-6-3-4-7-12)15(20)13-8-5-9-14(16)17-13/h5,8-9,12H,3-4,6-7,10-11H2,1-2H3. The Bertz CT molecular complexity index is 458. The molecule has 4 nitrogen and oxygen atoms in total. The van der Waals surface area contributed by atoms with Gasteiger partial charge in [0.05, 0.1) is 0 Å². The molecule has 2 rings (SSSR count). The maximum atomic E-state index is 13.2. The normalized spacial score (nSPS) is 15.8. The Hall–Kier alpha value is -1.49. The zero-order valence-electron chi connectivity index (χ0n) is 12.2. The molecule has 1 aromatic rings. The van der Waals surface area contributed by atoms with Gasteiger partial charge in [-0.15, -0.1) is 0 Å². The fourth-order valence-corrected chi connectivity index (χ4v) is 2.65. The molecule has 0 aliphatic heterocycles. The summed E-state index contributed by atoms with van der Waals surface area (Å²) in [6.45, 7) is 1.46. The largest absolute Gasteiger partial charge is 0.333 e. The molecule has 1 aliphatic carbocycles. The Morgan fingerprint density at radius 3 is 2.60 bits per heavy atom. The van der Waals surface area contributed by atoms with Crippen LogP contribution >= 0.6 is 0 Å². The number of hydrogen-bond donors (Lipinski definition) is 0. The number of carbonyl (C=O) groups is 1. The van der Waals surface area contributed by atoms with E-state index < -0.39 is 5.95 Å². The van der Waals surface area contributed by atoms with Gasteiger partial charge in [-0.25, -0.2) is 4.98 Å². The first-order valence-electron chi connectivity index (χ1n) is 7.16. The van der Waals surface area contributed by atoms with E-state index in [4.69, 9.17) is 0 Å². The van der Waals surface area contributed by atoms with Crippen LogP contribution in [0, 0.1) is 5.95 Å². The van der Waals surface area contributed by atoms with E-state index in [1.54, 1.807) is 6.07 Å². The number of amides is 1. The molecule has 0 atom stereocenters. The van der Waals surface area contributed by atoms with Crippen molar-refractivity contribution in [3.8, 4) is 0 Å². The average molecular weight is 279 g/mol. The van der Waals surface area contributed by atoms with Crippen molar-refractivity contribution in [2.45, 2.75) is 31.7 Å². The molecule has 20 heavy (non-hydrogen) atoms. The Morgan fingerprint density at radius 1 is 1.30 bits per heavy atom. The monoisotopic (exact) mass is 279 g/mol. The third-order valence-corrected chi connectivity index (χ3v) is 3.75. The summed E-state index contributed by atoms with van der Waals surface area (Å²) in [5.41, 5.74) is 0.204. The molecule has 1 heterocycles. The van der Waals surface area contributed by atoms with Gasteiger partial charge in [-0.3, -0.25) is 4.79 Å². The summed E-state index contributed by atoms with van der Waals surface area (Å²) in [5.74, 6) is -0.756. The number of likely N-dealkylation sites (N-methyl/N-ethyl adjacent to an activating group) is 1. The third kappa shape index (κ3) is 3.76. The smallest absolute Gasteiger partial charge is 0.272 e. The van der Waals surface area contributed by atoms with Crippen molar-refractivity contribution in [3.05, 3.63) is 29.8 Å². The molecule has 5 heteroatoms. The predicted molar refractivity (Wildman–Crippen MR) is 76.0 cm³/mol. The first-order chi connectivity index (χ1) is 9.58. The van der Waals surface area contributed by atoms with Crippen LogP contribution in [0.3, 0.4) is 0 Å². The fraction of sp³-hybridized carbons (Fsp3) is 0.600. The summed E-state index contributed by atoms with van der Waals surface area (Å²) in [7, 11) is 3.97. The molecule has 1 saturated carbocycles. The van der Waals surface area contributed by atoms with Crippen LogP contribution in [0.1, 0.15) is 36.2 Å². The van der Waals surface area contributed by atoms with Crippen molar-refractivity contribution >= 4 is 5.91 Å². The highest BCUT2D eigenvalue weighted by Crippen LogP contribution is 2.24. The summed E-state index contributed by atoms with van der Waals surface area (Å²) >= 11 is 0. The molecule has 1 aromatic heterocycles. The molecule has 0 N–H and O–H groups in total. The van der Waals surface area contributed by atoms with E-state index in [1.165, 1.54) is 12.1 Å². The van der Waals surface area contributed by atoms with Crippen LogP contribution in [0.2, 0.25) is 0 Å². The number of nitrogens with zero attached hydrogens (tertiary/aromatic N) is 3. The summed E-state index contributed by atoms with van der Waals surface area (Å²) in [6, 6.07) is 4.65. The lowest BCUT2D eigenvalue weighted by atomic mass is 10.2. The maximum absolute atomic E-state index is 13.2. The van der Waals surface area contributed by atoms with Gasteiger partial charge in [-0.05, 0) is 39.1 Å². The van der Waals surface area contributed by atoms with Gasteiger partial charge < -0.3 is 9.80 Å². The molecule has 1 fully saturated rings. The van der Waals surface area contributed by atoms with Gasteiger partial charge in [0.15, 0.2) is 0 Å². The Morgan fingerprint density at radius 2 is 2.00 bits per heavy atom. The van der Waals surface area contributed by atoms with Crippen molar-refractivity contribution < 1.29 is 9.18 Å². The van der Waals surface area contributed by atoms with Crippen LogP contribution in [0.25, 0.3) is 0 Å². The molecule has 0 spiro atoms. The first kappa shape index (κ1) is 14.9. The minimum atomic E-state index is -0.602. The zero-order chi connectivity index (χ0) is 14.5. The highest BCUT2D eigenvalue weighted by Gasteiger charge is 2.28. The molecular weight excluding hydrogens is 257 g/mol. The second-order valence-electron chi connectivity index (χ2n) is 5.59. The summed E-state index contributed by atoms with van der Waals surface area (Å²) in [4.78, 5) is 20.2. The lowest BCUT2D eigenvalue weighted by Crippen LogP contribution is -2.43. The number of aromatic nitrogens is 1. The lowest BCUT2D eigenvalue weighted by molar-refractivity contribution is 0.0660. The van der Waals surface area contributed by atoms with Crippen molar-refractivity contribution in [1.82, 2.24) is 14.8 Å². The highest BCUT2D eigenvalue weighted by atomic mass is 19.1. The van der Waals surface area contributed by atoms with Gasteiger partial charge in [0.25, 0.3) is 5.91 Å². The average Bonchev–Trinajstić information content (AvgIpc) is 2.92. The summed E-state index contributed by atoms with van der Waals surface area (Å²) in [6.07, 6.45) is 4.39. The van der Waals surface area contributed by atoms with Crippen LogP contribution in [0.15, 0.2) is 18.2 Å². The quantitative estimate of drug-likeness (QED) is 0.775. The Labute approximate surface area is 119 Å². The Kier molecular flexibility index (Phi) is 5.06. The van der Waals surface area contributed by atoms with Gasteiger partial charge >= 0.3 is 0 Å². The number of halogens is 1. The highest BCUT2D eigenvalue weighted by molar-refractivity contribution is 5.92. The van der Waals surface area contributed by atoms with Crippen LogP contribution in [0.5, 0.6) is 0 Å². The second kappa shape index (κ2) is 6.79. The molecule has 1 aliphatic rings. The van der Waals surface area contributed by atoms with Crippen LogP contribution < -0.4 is 0 Å². The van der Waals surface area contributed by atoms with Gasteiger partial charge in [0.1, 0.15) is 5.69 Å². The van der Waals surface area contributed by atoms with Crippen molar-refractivity contribution in [2.24, 2.45) is 0 Å². The molecule has 0 radical (unpaired) electrons. The topological polar surface area (TPSA) is 36.4 Å². The third-order valence-electron chi connectivity index (χ3n) is 3.75. The molecule has 0 aromatic carbocycles. The van der Waals surface area contributed by atoms with Crippen LogP contribution in [-0.4, -0.2) is 53.9 Å². The summed E-state index contributed by atoms with van der Waals surface area (Å²) in [5, 5.41) is 0. The number of carbonyl (C=O) groups excluding carboxylic acids is 1. The van der Waals surface area contributed by atoms with Gasteiger partial charge in [0, 0.05) is 19.1 Å². The van der Waals surface area contributed by atoms with Crippen LogP contribution in [-0.2, 0) is 0 Å². The Balaban J connectivity index is 2.14. The fourth-order valence-electron chi connectivity index (χ4n) is 2.65. The summed E-state index contributed by atoms with van der Waals surface area (Å²) < 4.78 is 13.2. The van der Waals surface area contributed by atoms with Gasteiger partial charge in [0.2, 0.25) is 5.95 Å². The molecular formula is C15H22FN3O. The van der Waals surface area contributed by atoms with E-state index >= 15 is 0 Å². The molecule has 0 saturated heterocycles. The second-order valence-corrected chi connectivity index (χ2v) is 5.59. The zero-order valence-corrected chi connectivity index (χ0v) is 12.2. The van der Waals surface area contributed by atoms with Crippen molar-refractivity contribution in [1.29, 1.82) is 0 Å². The minimum Gasteiger partial charge on any atom is -0.333 e. The molecule has 0 unspecified atom stereocenters. The SMILES string of the molecule is CN(C)CCN(C(=O)c1cccc(F)n1)C1CCCC1. The molecule has 0 bridgehead atoms. The van der Waals surface area contributed by atoms with Crippen LogP contribution in [0.4, 0.5) is 4.39 Å². The van der Waals surface area contributed by atoms with E-state index in [-0.39, 0.29) is 17.6 Å². The van der Waals surface area contributed by atoms with E-state index in [1.807, 2.05) is 23.9 Å². The first-order valence-corrected chi connectivity index (χ1v) is 7.16. The maximum Gasteiger partial charge on any atom is 0.272 e. The van der Waals surface area contributed by atoms with E-state index in [0.29, 0.717) is 6.54 Å². The lowest BCUT2D eigenvalue weighted by Gasteiger charge is -2.30. The predicted octanol–water partition coefficient (Wildman–Crippen LogP) is 2.17. The van der Waals surface area contributed by atoms with Crippen molar-refractivity contribution in [2.75, 3.05) is 27.2 Å². The van der Waals surface area contributed by atoms with E-state index in [9.17, 15) is 9.18 Å². The van der Waals surface area contributed by atoms with Gasteiger partial charge in [-0.2, -0.15) is 4.39 Å². The van der Waals surface area contributed by atoms with Crippen molar-refractivity contribution in [3.63, 3.8) is 0 Å². The minimum absolute atomic E-state index is 0.154. The number of pyridine rings is 1. The van der Waals surface area contributed by atoms with Gasteiger partial charge in [-0.1, -0.05) is 18.9 Å². The number of rotatable bonds is 5. The molecule has 110 valence electrons.